The lowest BCUT2D eigenvalue weighted by molar-refractivity contribution is -0.221. The average molecular weight is 232 g/mol. The van der Waals surface area contributed by atoms with Crippen LogP contribution >= 0.6 is 0 Å². The van der Waals surface area contributed by atoms with E-state index < -0.39 is 5.79 Å². The summed E-state index contributed by atoms with van der Waals surface area (Å²) in [6, 6.07) is 9.86. The molecule has 0 unspecified atom stereocenters. The van der Waals surface area contributed by atoms with Crippen LogP contribution in [0.5, 0.6) is 0 Å². The van der Waals surface area contributed by atoms with Gasteiger partial charge in [-0.3, -0.25) is 4.79 Å². The second-order valence-electron chi connectivity index (χ2n) is 5.02. The molecule has 0 bridgehead atoms. The number of hydrogen-bond acceptors (Lipinski definition) is 3. The summed E-state index contributed by atoms with van der Waals surface area (Å²) in [5.41, 5.74) is 1.06. The molecular formula is C14H16O3. The van der Waals surface area contributed by atoms with Gasteiger partial charge < -0.3 is 9.84 Å². The van der Waals surface area contributed by atoms with Crippen molar-refractivity contribution in [1.29, 1.82) is 0 Å². The Morgan fingerprint density at radius 1 is 1.24 bits per heavy atom. The van der Waals surface area contributed by atoms with Crippen molar-refractivity contribution in [3.05, 3.63) is 35.9 Å². The maximum Gasteiger partial charge on any atom is 0.308 e. The predicted octanol–water partition coefficient (Wildman–Crippen LogP) is 2.21. The molecule has 1 aromatic rings. The molecule has 90 valence electrons. The predicted molar refractivity (Wildman–Crippen MR) is 62.2 cm³/mol. The minimum absolute atomic E-state index is 0.0334. The van der Waals surface area contributed by atoms with Crippen LogP contribution < -0.4 is 0 Å². The van der Waals surface area contributed by atoms with Gasteiger partial charge in [0.1, 0.15) is 0 Å². The zero-order valence-electron chi connectivity index (χ0n) is 9.63. The van der Waals surface area contributed by atoms with Crippen LogP contribution in [0, 0.1) is 5.92 Å². The molecule has 0 spiro atoms. The van der Waals surface area contributed by atoms with Crippen molar-refractivity contribution in [3.63, 3.8) is 0 Å². The molecule has 2 fully saturated rings. The van der Waals surface area contributed by atoms with Crippen LogP contribution in [0.4, 0.5) is 0 Å². The molecule has 3 rings (SSSR count). The van der Waals surface area contributed by atoms with Gasteiger partial charge in [0.25, 0.3) is 0 Å². The van der Waals surface area contributed by atoms with E-state index in [0.717, 1.165) is 24.8 Å². The number of carbonyl (C=O) groups is 1. The van der Waals surface area contributed by atoms with E-state index in [9.17, 15) is 9.90 Å². The highest BCUT2D eigenvalue weighted by Crippen LogP contribution is 2.49. The molecule has 0 radical (unpaired) electrons. The molecule has 1 heterocycles. The van der Waals surface area contributed by atoms with E-state index in [1.807, 2.05) is 30.3 Å². The van der Waals surface area contributed by atoms with Gasteiger partial charge >= 0.3 is 5.97 Å². The van der Waals surface area contributed by atoms with Crippen LogP contribution in [-0.2, 0) is 9.53 Å². The highest BCUT2D eigenvalue weighted by atomic mass is 16.7. The van der Waals surface area contributed by atoms with Gasteiger partial charge in [0.05, 0.1) is 6.42 Å². The van der Waals surface area contributed by atoms with E-state index in [1.165, 1.54) is 0 Å². The van der Waals surface area contributed by atoms with E-state index >= 15 is 0 Å². The minimum atomic E-state index is -1.27. The molecule has 1 aliphatic heterocycles. The SMILES string of the molecule is O=C1C[C@@H]2CCC[C@@H](c3ccccc3)[C@]2(O)O1. The zero-order chi connectivity index (χ0) is 11.9. The fourth-order valence-corrected chi connectivity index (χ4v) is 3.19. The topological polar surface area (TPSA) is 46.5 Å². The van der Waals surface area contributed by atoms with Crippen molar-refractivity contribution in [1.82, 2.24) is 0 Å². The van der Waals surface area contributed by atoms with Crippen LogP contribution in [-0.4, -0.2) is 16.9 Å². The number of fused-ring (bicyclic) bond motifs is 1. The standard InChI is InChI=1S/C14H16O3/c15-13-9-11-7-4-8-12(14(11,16)17-13)10-5-2-1-3-6-10/h1-3,5-6,11-12,16H,4,7-9H2/t11-,12-,14+/m0/s1. The normalized spacial score (nSPS) is 36.4. The van der Waals surface area contributed by atoms with E-state index in [2.05, 4.69) is 0 Å². The summed E-state index contributed by atoms with van der Waals surface area (Å²) in [6.45, 7) is 0. The first-order valence-electron chi connectivity index (χ1n) is 6.19. The maximum atomic E-state index is 11.4. The van der Waals surface area contributed by atoms with Gasteiger partial charge in [-0.25, -0.2) is 0 Å². The van der Waals surface area contributed by atoms with Crippen molar-refractivity contribution < 1.29 is 14.6 Å². The summed E-state index contributed by atoms with van der Waals surface area (Å²) in [6.07, 6.45) is 3.17. The fourth-order valence-electron chi connectivity index (χ4n) is 3.19. The van der Waals surface area contributed by atoms with Crippen LogP contribution in [0.15, 0.2) is 30.3 Å². The van der Waals surface area contributed by atoms with Crippen molar-refractivity contribution in [2.75, 3.05) is 0 Å². The molecule has 3 nitrogen and oxygen atoms in total. The smallest absolute Gasteiger partial charge is 0.308 e. The first-order chi connectivity index (χ1) is 8.20. The van der Waals surface area contributed by atoms with Crippen molar-refractivity contribution >= 4 is 5.97 Å². The highest BCUT2D eigenvalue weighted by molar-refractivity contribution is 5.73. The molecule has 1 aliphatic carbocycles. The number of benzene rings is 1. The van der Waals surface area contributed by atoms with E-state index in [4.69, 9.17) is 4.74 Å². The number of esters is 1. The lowest BCUT2D eigenvalue weighted by Gasteiger charge is -2.39. The van der Waals surface area contributed by atoms with Gasteiger partial charge in [-0.05, 0) is 18.4 Å². The fraction of sp³-hybridized carbons (Fsp3) is 0.500. The molecule has 1 saturated heterocycles. The molecule has 1 N–H and O–H groups in total. The summed E-state index contributed by atoms with van der Waals surface area (Å²) in [5.74, 6) is -1.64. The largest absolute Gasteiger partial charge is 0.432 e. The molecule has 1 aromatic carbocycles. The second kappa shape index (κ2) is 3.84. The van der Waals surface area contributed by atoms with Gasteiger partial charge in [-0.1, -0.05) is 36.8 Å². The molecule has 0 aromatic heterocycles. The molecule has 17 heavy (non-hydrogen) atoms. The first-order valence-corrected chi connectivity index (χ1v) is 6.19. The molecule has 3 atom stereocenters. The average Bonchev–Trinajstić information content (AvgIpc) is 2.63. The van der Waals surface area contributed by atoms with Crippen molar-refractivity contribution in [2.24, 2.45) is 5.92 Å². The van der Waals surface area contributed by atoms with Crippen LogP contribution in [0.3, 0.4) is 0 Å². The number of aliphatic hydroxyl groups is 1. The zero-order valence-corrected chi connectivity index (χ0v) is 9.63. The van der Waals surface area contributed by atoms with Gasteiger partial charge in [0.15, 0.2) is 0 Å². The molecule has 3 heteroatoms. The first kappa shape index (κ1) is 10.8. The summed E-state index contributed by atoms with van der Waals surface area (Å²) >= 11 is 0. The van der Waals surface area contributed by atoms with Gasteiger partial charge in [-0.15, -0.1) is 0 Å². The Labute approximate surface area is 100 Å². The number of carbonyl (C=O) groups excluding carboxylic acids is 1. The molecule has 0 amide bonds. The number of hydrogen-bond donors (Lipinski definition) is 1. The quantitative estimate of drug-likeness (QED) is 0.755. The second-order valence-corrected chi connectivity index (χ2v) is 5.02. The van der Waals surface area contributed by atoms with E-state index in [1.54, 1.807) is 0 Å². The Hall–Kier alpha value is -1.35. The molecular weight excluding hydrogens is 216 g/mol. The van der Waals surface area contributed by atoms with E-state index in [-0.39, 0.29) is 17.8 Å². The number of ether oxygens (including phenoxy) is 1. The minimum Gasteiger partial charge on any atom is -0.432 e. The Kier molecular flexibility index (Phi) is 2.44. The van der Waals surface area contributed by atoms with Crippen molar-refractivity contribution in [3.8, 4) is 0 Å². The Morgan fingerprint density at radius 2 is 2.00 bits per heavy atom. The molecule has 1 saturated carbocycles. The monoisotopic (exact) mass is 232 g/mol. The third-order valence-electron chi connectivity index (χ3n) is 4.02. The van der Waals surface area contributed by atoms with Gasteiger partial charge in [0, 0.05) is 11.8 Å². The van der Waals surface area contributed by atoms with Crippen molar-refractivity contribution in [2.45, 2.75) is 37.4 Å². The Balaban J connectivity index is 1.97. The third-order valence-corrected chi connectivity index (χ3v) is 4.02. The van der Waals surface area contributed by atoms with Crippen LogP contribution in [0.25, 0.3) is 0 Å². The van der Waals surface area contributed by atoms with Gasteiger partial charge in [-0.2, -0.15) is 0 Å². The van der Waals surface area contributed by atoms with E-state index in [0.29, 0.717) is 6.42 Å². The van der Waals surface area contributed by atoms with Gasteiger partial charge in [0.2, 0.25) is 5.79 Å². The maximum absolute atomic E-state index is 11.4. The Morgan fingerprint density at radius 3 is 2.76 bits per heavy atom. The lowest BCUT2D eigenvalue weighted by Crippen LogP contribution is -2.44. The summed E-state index contributed by atoms with van der Waals surface area (Å²) in [4.78, 5) is 11.4. The molecule has 2 aliphatic rings. The van der Waals surface area contributed by atoms with Crippen LogP contribution in [0.2, 0.25) is 0 Å². The summed E-state index contributed by atoms with van der Waals surface area (Å²) < 4.78 is 5.24. The lowest BCUT2D eigenvalue weighted by atomic mass is 9.73. The Bertz CT molecular complexity index is 428. The highest BCUT2D eigenvalue weighted by Gasteiger charge is 2.55. The summed E-state index contributed by atoms with van der Waals surface area (Å²) in [7, 11) is 0. The van der Waals surface area contributed by atoms with Crippen LogP contribution in [0.1, 0.15) is 37.2 Å². The summed E-state index contributed by atoms with van der Waals surface area (Å²) in [5, 5.41) is 10.7. The number of rotatable bonds is 1. The third kappa shape index (κ3) is 1.65.